The van der Waals surface area contributed by atoms with Crippen LogP contribution in [0.5, 0.6) is 11.5 Å². The number of hydrogen-bond acceptors (Lipinski definition) is 5. The Bertz CT molecular complexity index is 876. The van der Waals surface area contributed by atoms with Crippen molar-refractivity contribution in [3.05, 3.63) is 54.9 Å². The molecule has 1 N–H and O–H groups in total. The predicted octanol–water partition coefficient (Wildman–Crippen LogP) is 3.19. The quantitative estimate of drug-likeness (QED) is 0.833. The van der Waals surface area contributed by atoms with E-state index in [4.69, 9.17) is 9.47 Å². The highest BCUT2D eigenvalue weighted by atomic mass is 32.2. The zero-order valence-electron chi connectivity index (χ0n) is 13.4. The first-order valence-corrected chi connectivity index (χ1v) is 8.43. The van der Waals surface area contributed by atoms with Crippen molar-refractivity contribution in [1.29, 1.82) is 0 Å². The highest BCUT2D eigenvalue weighted by molar-refractivity contribution is 7.92. The molecule has 0 aliphatic rings. The van der Waals surface area contributed by atoms with E-state index < -0.39 is 10.0 Å². The van der Waals surface area contributed by atoms with Crippen LogP contribution in [0, 0.1) is 0 Å². The van der Waals surface area contributed by atoms with Crippen molar-refractivity contribution in [1.82, 2.24) is 4.98 Å². The van der Waals surface area contributed by atoms with Crippen LogP contribution in [-0.2, 0) is 10.0 Å². The summed E-state index contributed by atoms with van der Waals surface area (Å²) in [4.78, 5) is 4.15. The Hall–Kier alpha value is -2.80. The van der Waals surface area contributed by atoms with Gasteiger partial charge in [0, 0.05) is 11.6 Å². The summed E-state index contributed by atoms with van der Waals surface area (Å²) in [6.45, 7) is 7.34. The van der Waals surface area contributed by atoms with Gasteiger partial charge < -0.3 is 9.47 Å². The van der Waals surface area contributed by atoms with Gasteiger partial charge in [0.1, 0.15) is 16.4 Å². The van der Waals surface area contributed by atoms with E-state index in [-0.39, 0.29) is 10.6 Å². The van der Waals surface area contributed by atoms with Crippen molar-refractivity contribution in [2.75, 3.05) is 18.9 Å². The normalized spacial score (nSPS) is 10.8. The van der Waals surface area contributed by atoms with E-state index in [0.717, 1.165) is 0 Å². The molecule has 0 bridgehead atoms. The molecule has 0 aliphatic carbocycles. The molecule has 6 nitrogen and oxygen atoms in total. The monoisotopic (exact) mass is 346 g/mol. The SMILES string of the molecule is C=Cc1cc(NS(=O)(=O)c2ccc(OC)cc2OC)cnc1C=C. The number of ether oxygens (including phenoxy) is 2. The summed E-state index contributed by atoms with van der Waals surface area (Å²) in [5.74, 6) is 0.679. The van der Waals surface area contributed by atoms with E-state index in [9.17, 15) is 8.42 Å². The number of benzene rings is 1. The zero-order valence-corrected chi connectivity index (χ0v) is 14.3. The maximum absolute atomic E-state index is 12.6. The third kappa shape index (κ3) is 3.57. The first-order chi connectivity index (χ1) is 11.4. The topological polar surface area (TPSA) is 77.5 Å². The van der Waals surface area contributed by atoms with Gasteiger partial charge in [-0.1, -0.05) is 19.2 Å². The van der Waals surface area contributed by atoms with Crippen LogP contribution in [0.15, 0.2) is 48.5 Å². The van der Waals surface area contributed by atoms with Gasteiger partial charge in [-0.3, -0.25) is 9.71 Å². The van der Waals surface area contributed by atoms with Gasteiger partial charge in [0.15, 0.2) is 0 Å². The number of methoxy groups -OCH3 is 2. The lowest BCUT2D eigenvalue weighted by atomic mass is 10.2. The van der Waals surface area contributed by atoms with Crippen LogP contribution in [-0.4, -0.2) is 27.6 Å². The largest absolute Gasteiger partial charge is 0.497 e. The molecule has 7 heteroatoms. The van der Waals surface area contributed by atoms with Crippen molar-refractivity contribution in [3.63, 3.8) is 0 Å². The van der Waals surface area contributed by atoms with Crippen molar-refractivity contribution in [2.45, 2.75) is 4.90 Å². The summed E-state index contributed by atoms with van der Waals surface area (Å²) in [5, 5.41) is 0. The Morgan fingerprint density at radius 3 is 2.46 bits per heavy atom. The Labute approximate surface area is 141 Å². The lowest BCUT2D eigenvalue weighted by Crippen LogP contribution is -2.14. The van der Waals surface area contributed by atoms with E-state index in [1.807, 2.05) is 0 Å². The second kappa shape index (κ2) is 7.18. The van der Waals surface area contributed by atoms with Crippen LogP contribution in [0.4, 0.5) is 5.69 Å². The number of anilines is 1. The van der Waals surface area contributed by atoms with Crippen molar-refractivity contribution >= 4 is 27.9 Å². The second-order valence-electron chi connectivity index (χ2n) is 4.73. The molecule has 0 saturated heterocycles. The van der Waals surface area contributed by atoms with Gasteiger partial charge in [0.2, 0.25) is 0 Å². The van der Waals surface area contributed by atoms with Crippen molar-refractivity contribution < 1.29 is 17.9 Å². The predicted molar refractivity (Wildman–Crippen MR) is 94.8 cm³/mol. The minimum absolute atomic E-state index is 0.00116. The minimum atomic E-state index is -3.86. The third-order valence-corrected chi connectivity index (χ3v) is 4.70. The first kappa shape index (κ1) is 17.6. The van der Waals surface area contributed by atoms with Crippen molar-refractivity contribution in [2.24, 2.45) is 0 Å². The van der Waals surface area contributed by atoms with E-state index in [0.29, 0.717) is 22.7 Å². The summed E-state index contributed by atoms with van der Waals surface area (Å²) in [6, 6.07) is 6.10. The van der Waals surface area contributed by atoms with E-state index >= 15 is 0 Å². The van der Waals surface area contributed by atoms with Crippen molar-refractivity contribution in [3.8, 4) is 11.5 Å². The number of nitrogens with zero attached hydrogens (tertiary/aromatic N) is 1. The highest BCUT2D eigenvalue weighted by Crippen LogP contribution is 2.30. The average molecular weight is 346 g/mol. The Kier molecular flexibility index (Phi) is 5.25. The molecule has 1 aromatic heterocycles. The third-order valence-electron chi connectivity index (χ3n) is 3.28. The smallest absolute Gasteiger partial charge is 0.265 e. The molecule has 1 heterocycles. The van der Waals surface area contributed by atoms with Crippen LogP contribution in [0.25, 0.3) is 12.2 Å². The van der Waals surface area contributed by atoms with Gasteiger partial charge in [-0.2, -0.15) is 0 Å². The van der Waals surface area contributed by atoms with Crippen LogP contribution in [0.1, 0.15) is 11.3 Å². The summed E-state index contributed by atoms with van der Waals surface area (Å²) < 4.78 is 38.0. The molecule has 1 aromatic carbocycles. The molecule has 0 atom stereocenters. The first-order valence-electron chi connectivity index (χ1n) is 6.95. The van der Waals surface area contributed by atoms with E-state index in [1.165, 1.54) is 32.5 Å². The number of rotatable bonds is 7. The fourth-order valence-electron chi connectivity index (χ4n) is 2.09. The average Bonchev–Trinajstić information content (AvgIpc) is 2.60. The molecule has 0 fully saturated rings. The molecule has 0 saturated carbocycles. The molecule has 2 rings (SSSR count). The van der Waals surface area contributed by atoms with Crippen LogP contribution in [0.2, 0.25) is 0 Å². The summed E-state index contributed by atoms with van der Waals surface area (Å²) in [6.07, 6.45) is 4.56. The molecule has 0 aliphatic heterocycles. The zero-order chi connectivity index (χ0) is 17.7. The molecule has 24 heavy (non-hydrogen) atoms. The second-order valence-corrected chi connectivity index (χ2v) is 6.38. The van der Waals surface area contributed by atoms with Crippen LogP contribution in [0.3, 0.4) is 0 Å². The van der Waals surface area contributed by atoms with Crippen LogP contribution < -0.4 is 14.2 Å². The minimum Gasteiger partial charge on any atom is -0.497 e. The van der Waals surface area contributed by atoms with E-state index in [2.05, 4.69) is 22.9 Å². The summed E-state index contributed by atoms with van der Waals surface area (Å²) in [7, 11) is -0.972. The Morgan fingerprint density at radius 1 is 1.12 bits per heavy atom. The fourth-order valence-corrected chi connectivity index (χ4v) is 3.28. The van der Waals surface area contributed by atoms with Gasteiger partial charge in [0.05, 0.1) is 31.8 Å². The molecular weight excluding hydrogens is 328 g/mol. The number of nitrogens with one attached hydrogen (secondary N) is 1. The number of sulfonamides is 1. The Morgan fingerprint density at radius 2 is 1.88 bits per heavy atom. The van der Waals surface area contributed by atoms with Gasteiger partial charge in [-0.25, -0.2) is 8.42 Å². The number of aromatic nitrogens is 1. The molecule has 126 valence electrons. The van der Waals surface area contributed by atoms with Gasteiger partial charge in [0.25, 0.3) is 10.0 Å². The van der Waals surface area contributed by atoms with Crippen LogP contribution >= 0.6 is 0 Å². The molecule has 0 radical (unpaired) electrons. The maximum atomic E-state index is 12.6. The number of hydrogen-bond donors (Lipinski definition) is 1. The van der Waals surface area contributed by atoms with Gasteiger partial charge in [-0.05, 0) is 24.3 Å². The Balaban J connectivity index is 2.42. The summed E-state index contributed by atoms with van der Waals surface area (Å²) >= 11 is 0. The highest BCUT2D eigenvalue weighted by Gasteiger charge is 2.20. The maximum Gasteiger partial charge on any atom is 0.265 e. The van der Waals surface area contributed by atoms with E-state index in [1.54, 1.807) is 24.3 Å². The fraction of sp³-hybridized carbons (Fsp3) is 0.118. The van der Waals surface area contributed by atoms with Gasteiger partial charge >= 0.3 is 0 Å². The molecule has 2 aromatic rings. The van der Waals surface area contributed by atoms with Gasteiger partial charge in [-0.15, -0.1) is 0 Å². The number of pyridine rings is 1. The molecular formula is C17H18N2O4S. The molecule has 0 amide bonds. The lowest BCUT2D eigenvalue weighted by Gasteiger charge is -2.13. The lowest BCUT2D eigenvalue weighted by molar-refractivity contribution is 0.386. The molecule has 0 spiro atoms. The summed E-state index contributed by atoms with van der Waals surface area (Å²) in [5.41, 5.74) is 1.61. The molecule has 0 unspecified atom stereocenters. The standard InChI is InChI=1S/C17H18N2O4S/c1-5-12-9-13(11-18-15(12)6-2)19-24(20,21)17-8-7-14(22-3)10-16(17)23-4/h5-11,19H,1-2H2,3-4H3.